The SMILES string of the molecule is CCCSc1n[n+]2c(c(=O)[nH]1)-c1ccccc1N(C(C)=O)[C@@H]2c1cccc(OC)c1OC(C)=O. The van der Waals surface area contributed by atoms with Crippen molar-refractivity contribution in [3.8, 4) is 22.8 Å². The molecule has 0 spiro atoms. The number of anilines is 1. The minimum atomic E-state index is -0.893. The standard InChI is InChI=1S/C24H24N4O5S/c1-5-13-34-24-25-22(31)20-16-9-6-7-11-18(16)27(14(2)29)23(28(20)26-24)17-10-8-12-19(32-4)21(17)33-15(3)30/h6-12,23H,5,13H2,1-4H3/p+1/t23-/m0/s1. The number of esters is 1. The first-order valence-corrected chi connectivity index (χ1v) is 11.8. The lowest BCUT2D eigenvalue weighted by Crippen LogP contribution is -2.60. The van der Waals surface area contributed by atoms with Gasteiger partial charge in [-0.3, -0.25) is 19.4 Å². The molecule has 9 nitrogen and oxygen atoms in total. The zero-order valence-electron chi connectivity index (χ0n) is 19.3. The molecule has 4 rings (SSSR count). The minimum Gasteiger partial charge on any atom is -0.493 e. The second-order valence-electron chi connectivity index (χ2n) is 7.65. The number of amides is 1. The van der Waals surface area contributed by atoms with E-state index in [0.717, 1.165) is 12.2 Å². The maximum absolute atomic E-state index is 13.3. The lowest BCUT2D eigenvalue weighted by atomic mass is 10.0. The van der Waals surface area contributed by atoms with Gasteiger partial charge in [-0.1, -0.05) is 36.9 Å². The van der Waals surface area contributed by atoms with Crippen molar-refractivity contribution in [2.24, 2.45) is 0 Å². The Morgan fingerprint density at radius 1 is 1.18 bits per heavy atom. The number of methoxy groups -OCH3 is 1. The fourth-order valence-corrected chi connectivity index (χ4v) is 4.72. The van der Waals surface area contributed by atoms with Crippen molar-refractivity contribution in [3.05, 3.63) is 58.4 Å². The van der Waals surface area contributed by atoms with Gasteiger partial charge in [0.1, 0.15) is 0 Å². The zero-order valence-corrected chi connectivity index (χ0v) is 20.1. The number of hydrogen-bond acceptors (Lipinski definition) is 7. The fourth-order valence-electron chi connectivity index (χ4n) is 4.01. The third kappa shape index (κ3) is 4.16. The number of aromatic nitrogens is 3. The van der Waals surface area contributed by atoms with Crippen LogP contribution in [0.1, 0.15) is 38.9 Å². The van der Waals surface area contributed by atoms with Gasteiger partial charge in [-0.2, -0.15) is 0 Å². The summed E-state index contributed by atoms with van der Waals surface area (Å²) < 4.78 is 12.5. The van der Waals surface area contributed by atoms with Gasteiger partial charge in [0, 0.05) is 24.7 Å². The van der Waals surface area contributed by atoms with Crippen LogP contribution in [0.4, 0.5) is 5.69 Å². The molecule has 2 aromatic carbocycles. The van der Waals surface area contributed by atoms with Crippen molar-refractivity contribution in [1.82, 2.24) is 10.1 Å². The first-order chi connectivity index (χ1) is 16.4. The Morgan fingerprint density at radius 2 is 1.94 bits per heavy atom. The molecule has 0 saturated heterocycles. The van der Waals surface area contributed by atoms with Crippen LogP contribution < -0.4 is 24.6 Å². The van der Waals surface area contributed by atoms with Crippen LogP contribution in [0, 0.1) is 0 Å². The van der Waals surface area contributed by atoms with E-state index >= 15 is 0 Å². The number of carbonyl (C=O) groups is 2. The van der Waals surface area contributed by atoms with Crippen molar-refractivity contribution >= 4 is 29.3 Å². The number of H-pyrrole nitrogens is 1. The third-order valence-corrected chi connectivity index (χ3v) is 6.36. The Labute approximate surface area is 200 Å². The van der Waals surface area contributed by atoms with Crippen molar-refractivity contribution in [2.75, 3.05) is 17.8 Å². The van der Waals surface area contributed by atoms with E-state index in [2.05, 4.69) is 4.98 Å². The van der Waals surface area contributed by atoms with Gasteiger partial charge in [0.15, 0.2) is 11.5 Å². The second kappa shape index (κ2) is 9.68. The molecule has 34 heavy (non-hydrogen) atoms. The van der Waals surface area contributed by atoms with Crippen molar-refractivity contribution in [1.29, 1.82) is 0 Å². The molecule has 10 heteroatoms. The van der Waals surface area contributed by atoms with Crippen molar-refractivity contribution in [3.63, 3.8) is 0 Å². The topological polar surface area (TPSA) is 105 Å². The Balaban J connectivity index is 2.07. The normalized spacial score (nSPS) is 14.2. The van der Waals surface area contributed by atoms with Gasteiger partial charge in [0.2, 0.25) is 11.1 Å². The van der Waals surface area contributed by atoms with Gasteiger partial charge < -0.3 is 9.47 Å². The number of carbonyl (C=O) groups excluding carboxylic acids is 2. The van der Waals surface area contributed by atoms with E-state index < -0.39 is 12.1 Å². The van der Waals surface area contributed by atoms with E-state index in [9.17, 15) is 14.4 Å². The number of thioether (sulfide) groups is 1. The molecule has 0 unspecified atom stereocenters. The predicted octanol–water partition coefficient (Wildman–Crippen LogP) is 3.07. The van der Waals surface area contributed by atoms with Crippen LogP contribution in [-0.2, 0) is 9.59 Å². The van der Waals surface area contributed by atoms with Crippen LogP contribution in [0.3, 0.4) is 0 Å². The summed E-state index contributed by atoms with van der Waals surface area (Å²) in [5.74, 6) is 0.438. The van der Waals surface area contributed by atoms with E-state index in [4.69, 9.17) is 14.6 Å². The first-order valence-electron chi connectivity index (χ1n) is 10.8. The number of ether oxygens (including phenoxy) is 2. The number of benzene rings is 2. The number of aromatic amines is 1. The summed E-state index contributed by atoms with van der Waals surface area (Å²) in [5.41, 5.74) is 1.56. The summed E-state index contributed by atoms with van der Waals surface area (Å²) in [6, 6.07) is 12.3. The lowest BCUT2D eigenvalue weighted by molar-refractivity contribution is -0.763. The number of nitrogens with one attached hydrogen (secondary N) is 1. The number of para-hydroxylation sites is 2. The smallest absolute Gasteiger partial charge is 0.325 e. The van der Waals surface area contributed by atoms with Crippen LogP contribution >= 0.6 is 11.8 Å². The lowest BCUT2D eigenvalue weighted by Gasteiger charge is -2.32. The summed E-state index contributed by atoms with van der Waals surface area (Å²) >= 11 is 1.42. The summed E-state index contributed by atoms with van der Waals surface area (Å²) in [5, 5.41) is 5.16. The van der Waals surface area contributed by atoms with E-state index in [0.29, 0.717) is 33.4 Å². The Hall–Kier alpha value is -3.66. The van der Waals surface area contributed by atoms with Crippen LogP contribution in [0.25, 0.3) is 11.3 Å². The molecule has 0 bridgehead atoms. The van der Waals surface area contributed by atoms with Gasteiger partial charge >= 0.3 is 17.2 Å². The molecule has 1 atom stereocenters. The fraction of sp³-hybridized carbons (Fsp3) is 0.292. The maximum Gasteiger partial charge on any atom is 0.325 e. The molecule has 1 aromatic heterocycles. The summed E-state index contributed by atoms with van der Waals surface area (Å²) in [7, 11) is 1.47. The van der Waals surface area contributed by atoms with Crippen LogP contribution in [0.15, 0.2) is 52.4 Å². The summed E-state index contributed by atoms with van der Waals surface area (Å²) in [6.45, 7) is 4.77. The highest BCUT2D eigenvalue weighted by Gasteiger charge is 2.46. The highest BCUT2D eigenvalue weighted by molar-refractivity contribution is 7.99. The molecule has 1 aliphatic rings. The van der Waals surface area contributed by atoms with Gasteiger partial charge in [-0.05, 0) is 35.4 Å². The monoisotopic (exact) mass is 481 g/mol. The highest BCUT2D eigenvalue weighted by Crippen LogP contribution is 2.42. The first kappa shape index (κ1) is 23.5. The summed E-state index contributed by atoms with van der Waals surface area (Å²) in [4.78, 5) is 42.7. The minimum absolute atomic E-state index is 0.163. The van der Waals surface area contributed by atoms with Crippen LogP contribution in [-0.4, -0.2) is 34.8 Å². The molecule has 1 aliphatic heterocycles. The number of fused-ring (bicyclic) bond motifs is 3. The van der Waals surface area contributed by atoms with Gasteiger partial charge in [0.25, 0.3) is 6.17 Å². The van der Waals surface area contributed by atoms with E-state index in [1.54, 1.807) is 47.4 Å². The molecule has 0 saturated carbocycles. The molecule has 3 aromatic rings. The number of hydrogen-bond donors (Lipinski definition) is 1. The molecule has 176 valence electrons. The Kier molecular flexibility index (Phi) is 6.69. The summed E-state index contributed by atoms with van der Waals surface area (Å²) in [6.07, 6.45) is 0.00387. The average Bonchev–Trinajstić information content (AvgIpc) is 2.81. The number of rotatable bonds is 6. The molecule has 2 heterocycles. The van der Waals surface area contributed by atoms with Crippen molar-refractivity contribution < 1.29 is 23.7 Å². The molecule has 1 amide bonds. The van der Waals surface area contributed by atoms with Gasteiger partial charge in [-0.25, -0.2) is 4.90 Å². The molecule has 0 radical (unpaired) electrons. The second-order valence-corrected chi connectivity index (χ2v) is 8.74. The Morgan fingerprint density at radius 3 is 2.62 bits per heavy atom. The third-order valence-electron chi connectivity index (χ3n) is 5.29. The average molecular weight is 482 g/mol. The predicted molar refractivity (Wildman–Crippen MR) is 127 cm³/mol. The molecular formula is C24H25N4O5S+. The maximum atomic E-state index is 13.3. The van der Waals surface area contributed by atoms with E-state index in [-0.39, 0.29) is 17.2 Å². The number of nitrogens with zero attached hydrogens (tertiary/aromatic N) is 3. The highest BCUT2D eigenvalue weighted by atomic mass is 32.2. The molecule has 0 aliphatic carbocycles. The van der Waals surface area contributed by atoms with Crippen LogP contribution in [0.2, 0.25) is 0 Å². The largest absolute Gasteiger partial charge is 0.493 e. The van der Waals surface area contributed by atoms with Crippen molar-refractivity contribution in [2.45, 2.75) is 38.5 Å². The van der Waals surface area contributed by atoms with E-state index in [1.807, 2.05) is 6.92 Å². The van der Waals surface area contributed by atoms with Crippen LogP contribution in [0.5, 0.6) is 11.5 Å². The molecule has 0 fully saturated rings. The van der Waals surface area contributed by atoms with Gasteiger partial charge in [0.05, 0.1) is 23.9 Å². The van der Waals surface area contributed by atoms with Gasteiger partial charge in [-0.15, -0.1) is 0 Å². The molecular weight excluding hydrogens is 456 g/mol. The quantitative estimate of drug-likeness (QED) is 0.250. The molecule has 1 N–H and O–H groups in total. The van der Waals surface area contributed by atoms with E-state index in [1.165, 1.54) is 37.4 Å². The Bertz CT molecular complexity index is 1320. The zero-order chi connectivity index (χ0) is 24.4.